The van der Waals surface area contributed by atoms with Crippen LogP contribution < -0.4 is 0 Å². The van der Waals surface area contributed by atoms with Crippen molar-refractivity contribution in [1.82, 2.24) is 14.5 Å². The molecule has 0 unspecified atom stereocenters. The molecule has 0 aliphatic rings. The van der Waals surface area contributed by atoms with E-state index < -0.39 is 0 Å². The van der Waals surface area contributed by atoms with Gasteiger partial charge in [-0.15, -0.1) is 0 Å². The smallest absolute Gasteiger partial charge is 0.146 e. The second-order valence-electron chi connectivity index (χ2n) is 11.8. The van der Waals surface area contributed by atoms with Crippen LogP contribution >= 0.6 is 0 Å². The fraction of sp³-hybridized carbons (Fsp3) is 0.105. The summed E-state index contributed by atoms with van der Waals surface area (Å²) in [6.07, 6.45) is 1.83. The van der Waals surface area contributed by atoms with Crippen molar-refractivity contribution >= 4 is 21.9 Å². The Labute approximate surface area is 245 Å². The first kappa shape index (κ1) is 25.7. The van der Waals surface area contributed by atoms with Crippen LogP contribution in [0.2, 0.25) is 0 Å². The summed E-state index contributed by atoms with van der Waals surface area (Å²) in [4.78, 5) is 9.93. The Kier molecular flexibility index (Phi) is 6.13. The van der Waals surface area contributed by atoms with Crippen molar-refractivity contribution in [2.75, 3.05) is 0 Å². The number of aromatic hydroxyl groups is 1. The maximum atomic E-state index is 11.0. The van der Waals surface area contributed by atoms with Crippen molar-refractivity contribution in [1.29, 1.82) is 0 Å². The summed E-state index contributed by atoms with van der Waals surface area (Å²) in [6.45, 7) is 6.57. The monoisotopic (exact) mass is 545 g/mol. The standard InChI is InChI=1S/C38H31N3O/c1-38(2,3)29-18-19-35(42)32(24-29)27-21-26(25-11-5-4-6-12-25)22-28(23-27)33-15-9-17-36(40-33)41-34-16-8-7-13-30(34)31-14-10-20-39-37(31)41/h4-24,42H,1-3H3. The Morgan fingerprint density at radius 2 is 1.36 bits per heavy atom. The molecular weight excluding hydrogens is 514 g/mol. The molecule has 0 atom stereocenters. The lowest BCUT2D eigenvalue weighted by atomic mass is 9.84. The van der Waals surface area contributed by atoms with Crippen LogP contribution in [0.1, 0.15) is 26.3 Å². The van der Waals surface area contributed by atoms with Gasteiger partial charge in [0.2, 0.25) is 0 Å². The van der Waals surface area contributed by atoms with Crippen LogP contribution in [0.5, 0.6) is 5.75 Å². The molecule has 4 nitrogen and oxygen atoms in total. The second-order valence-corrected chi connectivity index (χ2v) is 11.8. The summed E-state index contributed by atoms with van der Waals surface area (Å²) in [6, 6.07) is 41.3. The van der Waals surface area contributed by atoms with E-state index in [-0.39, 0.29) is 11.2 Å². The summed E-state index contributed by atoms with van der Waals surface area (Å²) >= 11 is 0. The summed E-state index contributed by atoms with van der Waals surface area (Å²) in [5, 5.41) is 13.3. The van der Waals surface area contributed by atoms with E-state index in [1.165, 1.54) is 5.56 Å². The fourth-order valence-corrected chi connectivity index (χ4v) is 5.70. The van der Waals surface area contributed by atoms with Crippen molar-refractivity contribution in [3.8, 4) is 45.1 Å². The van der Waals surface area contributed by atoms with Gasteiger partial charge >= 0.3 is 0 Å². The van der Waals surface area contributed by atoms with Crippen LogP contribution in [-0.2, 0) is 5.41 Å². The molecule has 0 radical (unpaired) electrons. The lowest BCUT2D eigenvalue weighted by Gasteiger charge is -2.21. The molecule has 0 aliphatic heterocycles. The molecule has 3 aromatic heterocycles. The molecule has 4 heteroatoms. The van der Waals surface area contributed by atoms with E-state index in [2.05, 4.69) is 92.1 Å². The quantitative estimate of drug-likeness (QED) is 0.240. The van der Waals surface area contributed by atoms with E-state index in [1.807, 2.05) is 54.7 Å². The third-order valence-electron chi connectivity index (χ3n) is 7.91. The average Bonchev–Trinajstić information content (AvgIpc) is 3.35. The minimum atomic E-state index is -0.0471. The van der Waals surface area contributed by atoms with Crippen molar-refractivity contribution in [2.45, 2.75) is 26.2 Å². The van der Waals surface area contributed by atoms with Gasteiger partial charge in [0.15, 0.2) is 0 Å². The van der Waals surface area contributed by atoms with Crippen LogP contribution in [0.4, 0.5) is 0 Å². The number of benzene rings is 4. The average molecular weight is 546 g/mol. The van der Waals surface area contributed by atoms with Crippen LogP contribution in [0.15, 0.2) is 128 Å². The van der Waals surface area contributed by atoms with Gasteiger partial charge in [-0.25, -0.2) is 9.97 Å². The number of phenols is 1. The van der Waals surface area contributed by atoms with Gasteiger partial charge in [0.25, 0.3) is 0 Å². The van der Waals surface area contributed by atoms with Crippen LogP contribution in [-0.4, -0.2) is 19.6 Å². The number of hydrogen-bond acceptors (Lipinski definition) is 3. The zero-order valence-corrected chi connectivity index (χ0v) is 23.9. The molecule has 0 bridgehead atoms. The van der Waals surface area contributed by atoms with Crippen LogP contribution in [0.25, 0.3) is 61.3 Å². The Bertz CT molecular complexity index is 2030. The maximum Gasteiger partial charge on any atom is 0.146 e. The number of rotatable bonds is 4. The van der Waals surface area contributed by atoms with Crippen LogP contribution in [0.3, 0.4) is 0 Å². The summed E-state index contributed by atoms with van der Waals surface area (Å²) < 4.78 is 2.13. The van der Waals surface area contributed by atoms with Crippen LogP contribution in [0, 0.1) is 0 Å². The largest absolute Gasteiger partial charge is 0.507 e. The van der Waals surface area contributed by atoms with Crippen molar-refractivity contribution in [3.05, 3.63) is 133 Å². The van der Waals surface area contributed by atoms with E-state index in [4.69, 9.17) is 9.97 Å². The first-order valence-electron chi connectivity index (χ1n) is 14.2. The Morgan fingerprint density at radius 1 is 0.619 bits per heavy atom. The zero-order valence-electron chi connectivity index (χ0n) is 23.9. The van der Waals surface area contributed by atoms with E-state index >= 15 is 0 Å². The number of phenolic OH excluding ortho intramolecular Hbond substituents is 1. The Morgan fingerprint density at radius 3 is 2.19 bits per heavy atom. The third kappa shape index (κ3) is 4.51. The highest BCUT2D eigenvalue weighted by molar-refractivity contribution is 6.07. The minimum absolute atomic E-state index is 0.0471. The van der Waals surface area contributed by atoms with Gasteiger partial charge in [0.1, 0.15) is 17.2 Å². The van der Waals surface area contributed by atoms with Crippen molar-refractivity contribution in [3.63, 3.8) is 0 Å². The predicted octanol–water partition coefficient (Wildman–Crippen LogP) is 9.58. The number of aromatic nitrogens is 3. The van der Waals surface area contributed by atoms with Gasteiger partial charge < -0.3 is 5.11 Å². The first-order valence-corrected chi connectivity index (χ1v) is 14.2. The summed E-state index contributed by atoms with van der Waals surface area (Å²) in [7, 11) is 0. The molecule has 7 rings (SSSR count). The van der Waals surface area contributed by atoms with Gasteiger partial charge in [-0.1, -0.05) is 81.4 Å². The number of para-hydroxylation sites is 1. The molecular formula is C38H31N3O. The van der Waals surface area contributed by atoms with Gasteiger partial charge in [0, 0.05) is 28.1 Å². The maximum absolute atomic E-state index is 11.0. The van der Waals surface area contributed by atoms with Gasteiger partial charge in [0.05, 0.1) is 11.2 Å². The van der Waals surface area contributed by atoms with Gasteiger partial charge in [-0.2, -0.15) is 0 Å². The third-order valence-corrected chi connectivity index (χ3v) is 7.91. The predicted molar refractivity (Wildman–Crippen MR) is 173 cm³/mol. The SMILES string of the molecule is CC(C)(C)c1ccc(O)c(-c2cc(-c3ccccc3)cc(-c3cccc(-n4c5ccccc5c5cccnc54)n3)c2)c1. The van der Waals surface area contributed by atoms with E-state index in [0.717, 1.165) is 61.3 Å². The molecule has 7 aromatic rings. The number of pyridine rings is 2. The number of fused-ring (bicyclic) bond motifs is 3. The lowest BCUT2D eigenvalue weighted by Crippen LogP contribution is -2.10. The minimum Gasteiger partial charge on any atom is -0.507 e. The molecule has 4 aromatic carbocycles. The Balaban J connectivity index is 1.44. The number of hydrogen-bond donors (Lipinski definition) is 1. The molecule has 0 amide bonds. The topological polar surface area (TPSA) is 50.9 Å². The second kappa shape index (κ2) is 10.0. The molecule has 3 heterocycles. The van der Waals surface area contributed by atoms with E-state index in [9.17, 15) is 5.11 Å². The van der Waals surface area contributed by atoms with E-state index in [0.29, 0.717) is 0 Å². The lowest BCUT2D eigenvalue weighted by molar-refractivity contribution is 0.476. The highest BCUT2D eigenvalue weighted by Crippen LogP contribution is 2.39. The summed E-state index contributed by atoms with van der Waals surface area (Å²) in [5.74, 6) is 1.07. The number of nitrogens with zero attached hydrogens (tertiary/aromatic N) is 3. The molecule has 0 spiro atoms. The molecule has 42 heavy (non-hydrogen) atoms. The van der Waals surface area contributed by atoms with Gasteiger partial charge in [-0.3, -0.25) is 4.57 Å². The van der Waals surface area contributed by atoms with E-state index in [1.54, 1.807) is 6.07 Å². The Hall–Kier alpha value is -5.22. The molecule has 0 saturated heterocycles. The molecule has 204 valence electrons. The van der Waals surface area contributed by atoms with Crippen molar-refractivity contribution in [2.24, 2.45) is 0 Å². The normalized spacial score (nSPS) is 11.8. The van der Waals surface area contributed by atoms with Crippen molar-refractivity contribution < 1.29 is 5.11 Å². The highest BCUT2D eigenvalue weighted by Gasteiger charge is 2.18. The first-order chi connectivity index (χ1) is 20.4. The zero-order chi connectivity index (χ0) is 28.8. The molecule has 0 aliphatic carbocycles. The molecule has 1 N–H and O–H groups in total. The van der Waals surface area contributed by atoms with Gasteiger partial charge in [-0.05, 0) is 88.3 Å². The molecule has 0 fully saturated rings. The summed E-state index contributed by atoms with van der Waals surface area (Å²) in [5.41, 5.74) is 8.82. The molecule has 0 saturated carbocycles. The highest BCUT2D eigenvalue weighted by atomic mass is 16.3. The fourth-order valence-electron chi connectivity index (χ4n) is 5.70.